The Bertz CT molecular complexity index is 611. The third kappa shape index (κ3) is 1.92. The predicted molar refractivity (Wildman–Crippen MR) is 74.6 cm³/mol. The highest BCUT2D eigenvalue weighted by Gasteiger charge is 2.19. The summed E-state index contributed by atoms with van der Waals surface area (Å²) in [6, 6.07) is 5.71. The van der Waals surface area contributed by atoms with Crippen molar-refractivity contribution in [3.63, 3.8) is 0 Å². The maximum atomic E-state index is 12.0. The molecule has 1 aromatic heterocycles. The van der Waals surface area contributed by atoms with E-state index in [1.165, 1.54) is 18.6 Å². The minimum atomic E-state index is -0.0398. The molecule has 1 unspecified atom stereocenters. The highest BCUT2D eigenvalue weighted by molar-refractivity contribution is 8.00. The first kappa shape index (κ1) is 11.7. The number of H-pyrrole nitrogens is 1. The number of thioether (sulfide) groups is 1. The van der Waals surface area contributed by atoms with Gasteiger partial charge in [-0.15, -0.1) is 0 Å². The molecule has 0 bridgehead atoms. The largest absolute Gasteiger partial charge is 0.494 e. The van der Waals surface area contributed by atoms with Crippen LogP contribution in [-0.4, -0.2) is 27.7 Å². The van der Waals surface area contributed by atoms with E-state index in [1.807, 2.05) is 34.5 Å². The van der Waals surface area contributed by atoms with Crippen molar-refractivity contribution in [3.8, 4) is 5.75 Å². The summed E-state index contributed by atoms with van der Waals surface area (Å²) in [5.41, 5.74) is 1.70. The van der Waals surface area contributed by atoms with Crippen molar-refractivity contribution in [2.45, 2.75) is 24.6 Å². The van der Waals surface area contributed by atoms with Crippen LogP contribution in [0, 0.1) is 0 Å². The lowest BCUT2D eigenvalue weighted by Crippen LogP contribution is -2.22. The zero-order valence-electron chi connectivity index (χ0n) is 10.3. The zero-order valence-corrected chi connectivity index (χ0v) is 11.1. The number of ether oxygens (including phenoxy) is 1. The SMILES string of the molecule is COc1cccc2[nH]c(=O)n(CC3CCCS3)c12. The van der Waals surface area contributed by atoms with E-state index in [1.54, 1.807) is 7.11 Å². The number of hydrogen-bond donors (Lipinski definition) is 1. The summed E-state index contributed by atoms with van der Waals surface area (Å²) in [6.45, 7) is 0.768. The van der Waals surface area contributed by atoms with E-state index in [4.69, 9.17) is 4.74 Å². The Morgan fingerprint density at radius 3 is 3.17 bits per heavy atom. The third-order valence-corrected chi connectivity index (χ3v) is 4.77. The van der Waals surface area contributed by atoms with Crippen LogP contribution in [0.15, 0.2) is 23.0 Å². The maximum Gasteiger partial charge on any atom is 0.326 e. The summed E-state index contributed by atoms with van der Waals surface area (Å²) >= 11 is 1.96. The van der Waals surface area contributed by atoms with Gasteiger partial charge in [0, 0.05) is 11.8 Å². The van der Waals surface area contributed by atoms with Gasteiger partial charge in [0.05, 0.1) is 12.6 Å². The first-order chi connectivity index (χ1) is 8.79. The number of aromatic amines is 1. The fourth-order valence-corrected chi connectivity index (χ4v) is 3.77. The zero-order chi connectivity index (χ0) is 12.5. The van der Waals surface area contributed by atoms with Gasteiger partial charge in [0.1, 0.15) is 11.3 Å². The molecule has 1 fully saturated rings. The second-order valence-corrected chi connectivity index (χ2v) is 5.94. The molecular formula is C13H16N2O2S. The summed E-state index contributed by atoms with van der Waals surface area (Å²) in [5, 5.41) is 0.548. The fraction of sp³-hybridized carbons (Fsp3) is 0.462. The summed E-state index contributed by atoms with van der Waals surface area (Å²) in [4.78, 5) is 14.9. The van der Waals surface area contributed by atoms with Crippen molar-refractivity contribution in [2.75, 3.05) is 12.9 Å². The summed E-state index contributed by atoms with van der Waals surface area (Å²) < 4.78 is 7.18. The maximum absolute atomic E-state index is 12.0. The van der Waals surface area contributed by atoms with Crippen molar-refractivity contribution in [1.82, 2.24) is 9.55 Å². The number of benzene rings is 1. The van der Waals surface area contributed by atoms with E-state index >= 15 is 0 Å². The molecule has 3 rings (SSSR count). The van der Waals surface area contributed by atoms with Crippen LogP contribution in [0.3, 0.4) is 0 Å². The minimum absolute atomic E-state index is 0.0398. The Kier molecular flexibility index (Phi) is 3.07. The number of para-hydroxylation sites is 1. The molecule has 1 aliphatic rings. The molecule has 4 nitrogen and oxygen atoms in total. The van der Waals surface area contributed by atoms with Crippen LogP contribution in [0.5, 0.6) is 5.75 Å². The van der Waals surface area contributed by atoms with E-state index in [-0.39, 0.29) is 5.69 Å². The summed E-state index contributed by atoms with van der Waals surface area (Å²) in [7, 11) is 1.64. The van der Waals surface area contributed by atoms with Crippen LogP contribution in [0.1, 0.15) is 12.8 Å². The van der Waals surface area contributed by atoms with E-state index in [0.29, 0.717) is 5.25 Å². The van der Waals surface area contributed by atoms with Gasteiger partial charge in [0.25, 0.3) is 0 Å². The molecule has 0 aliphatic carbocycles. The molecule has 96 valence electrons. The Morgan fingerprint density at radius 1 is 1.56 bits per heavy atom. The predicted octanol–water partition coefficient (Wildman–Crippen LogP) is 2.23. The molecule has 5 heteroatoms. The fourth-order valence-electron chi connectivity index (χ4n) is 2.52. The number of hydrogen-bond acceptors (Lipinski definition) is 3. The van der Waals surface area contributed by atoms with Gasteiger partial charge in [-0.2, -0.15) is 11.8 Å². The van der Waals surface area contributed by atoms with Gasteiger partial charge in [-0.3, -0.25) is 4.57 Å². The van der Waals surface area contributed by atoms with Crippen LogP contribution in [0.2, 0.25) is 0 Å². The lowest BCUT2D eigenvalue weighted by molar-refractivity contribution is 0.416. The molecule has 1 atom stereocenters. The van der Waals surface area contributed by atoms with Gasteiger partial charge < -0.3 is 9.72 Å². The van der Waals surface area contributed by atoms with Gasteiger partial charge in [-0.1, -0.05) is 6.07 Å². The van der Waals surface area contributed by atoms with Crippen LogP contribution in [-0.2, 0) is 6.54 Å². The number of aromatic nitrogens is 2. The smallest absolute Gasteiger partial charge is 0.326 e. The van der Waals surface area contributed by atoms with Crippen LogP contribution >= 0.6 is 11.8 Å². The monoisotopic (exact) mass is 264 g/mol. The summed E-state index contributed by atoms with van der Waals surface area (Å²) in [5.74, 6) is 1.97. The molecule has 1 aliphatic heterocycles. The second-order valence-electron chi connectivity index (χ2n) is 4.53. The Labute approximate surface area is 109 Å². The van der Waals surface area contributed by atoms with Gasteiger partial charge in [-0.05, 0) is 30.7 Å². The molecule has 0 saturated carbocycles. The normalized spacial score (nSPS) is 19.5. The van der Waals surface area contributed by atoms with Gasteiger partial charge in [0.15, 0.2) is 0 Å². The highest BCUT2D eigenvalue weighted by atomic mass is 32.2. The molecule has 1 aromatic carbocycles. The first-order valence-electron chi connectivity index (χ1n) is 6.16. The van der Waals surface area contributed by atoms with Gasteiger partial charge in [-0.25, -0.2) is 4.79 Å². The topological polar surface area (TPSA) is 47.0 Å². The number of imidazole rings is 1. The van der Waals surface area contributed by atoms with Gasteiger partial charge >= 0.3 is 5.69 Å². The Balaban J connectivity index is 2.08. The Morgan fingerprint density at radius 2 is 2.44 bits per heavy atom. The van der Waals surface area contributed by atoms with Crippen molar-refractivity contribution in [1.29, 1.82) is 0 Å². The Hall–Kier alpha value is -1.36. The molecular weight excluding hydrogens is 248 g/mol. The molecule has 0 spiro atoms. The van der Waals surface area contributed by atoms with E-state index in [9.17, 15) is 4.79 Å². The van der Waals surface area contributed by atoms with Crippen LogP contribution < -0.4 is 10.4 Å². The van der Waals surface area contributed by atoms with E-state index in [2.05, 4.69) is 4.98 Å². The van der Waals surface area contributed by atoms with Crippen molar-refractivity contribution in [3.05, 3.63) is 28.7 Å². The standard InChI is InChI=1S/C13H16N2O2S/c1-17-11-6-2-5-10-12(11)15(13(16)14-10)8-9-4-3-7-18-9/h2,5-6,9H,3-4,7-8H2,1H3,(H,14,16). The van der Waals surface area contributed by atoms with Crippen LogP contribution in [0.4, 0.5) is 0 Å². The number of nitrogens with zero attached hydrogens (tertiary/aromatic N) is 1. The first-order valence-corrected chi connectivity index (χ1v) is 7.21. The van der Waals surface area contributed by atoms with Crippen molar-refractivity contribution >= 4 is 22.8 Å². The minimum Gasteiger partial charge on any atom is -0.494 e. The highest BCUT2D eigenvalue weighted by Crippen LogP contribution is 2.29. The molecule has 0 amide bonds. The number of rotatable bonds is 3. The summed E-state index contributed by atoms with van der Waals surface area (Å²) in [6.07, 6.45) is 2.45. The molecule has 1 N–H and O–H groups in total. The van der Waals surface area contributed by atoms with Crippen LogP contribution in [0.25, 0.3) is 11.0 Å². The lowest BCUT2D eigenvalue weighted by Gasteiger charge is -2.11. The molecule has 2 heterocycles. The van der Waals surface area contributed by atoms with Crippen molar-refractivity contribution < 1.29 is 4.74 Å². The number of fused-ring (bicyclic) bond motifs is 1. The van der Waals surface area contributed by atoms with Crippen molar-refractivity contribution in [2.24, 2.45) is 0 Å². The molecule has 0 radical (unpaired) electrons. The molecule has 2 aromatic rings. The third-order valence-electron chi connectivity index (χ3n) is 3.39. The average molecular weight is 264 g/mol. The number of nitrogens with one attached hydrogen (secondary N) is 1. The number of methoxy groups -OCH3 is 1. The quantitative estimate of drug-likeness (QED) is 0.924. The molecule has 1 saturated heterocycles. The van der Waals surface area contributed by atoms with Gasteiger partial charge in [0.2, 0.25) is 0 Å². The van der Waals surface area contributed by atoms with E-state index in [0.717, 1.165) is 23.3 Å². The second kappa shape index (κ2) is 4.72. The lowest BCUT2D eigenvalue weighted by atomic mass is 10.2. The van der Waals surface area contributed by atoms with E-state index < -0.39 is 0 Å². The molecule has 18 heavy (non-hydrogen) atoms. The average Bonchev–Trinajstić information content (AvgIpc) is 2.98.